The standard InChI is InChI=1S/C48H95NO8/c1-3-5-7-8-9-10-11-12-13-14-15-16-17-18-19-20-21-22-23-24-25-26-27-28-29-30-31-32-33-34-36-38-44(52)49-41(42(51)37-35-6-4-2)40-56-48-47(55)46(54)45(53)43(39-50)57-48/h41-43,45-48,50-51,53-55H,3-40H2,1-2H3,(H,49,52). The number of aliphatic hydroxyl groups excluding tert-OH is 5. The molecule has 340 valence electrons. The number of carbonyl (C=O) groups excluding carboxylic acids is 1. The van der Waals surface area contributed by atoms with Gasteiger partial charge in [-0.1, -0.05) is 226 Å². The van der Waals surface area contributed by atoms with Gasteiger partial charge in [-0.05, 0) is 12.8 Å². The lowest BCUT2D eigenvalue weighted by atomic mass is 9.99. The molecule has 0 aliphatic carbocycles. The minimum absolute atomic E-state index is 0.138. The first kappa shape index (κ1) is 54.2. The summed E-state index contributed by atoms with van der Waals surface area (Å²) in [4.78, 5) is 12.8. The van der Waals surface area contributed by atoms with E-state index in [9.17, 15) is 30.3 Å². The molecule has 7 unspecified atom stereocenters. The second-order valence-electron chi connectivity index (χ2n) is 17.6. The molecule has 1 saturated heterocycles. The van der Waals surface area contributed by atoms with Gasteiger partial charge < -0.3 is 40.3 Å². The molecule has 1 amide bonds. The lowest BCUT2D eigenvalue weighted by molar-refractivity contribution is -0.302. The molecule has 0 saturated carbocycles. The molecule has 9 nitrogen and oxygen atoms in total. The summed E-state index contributed by atoms with van der Waals surface area (Å²) in [5.41, 5.74) is 0. The Kier molecular flexibility index (Phi) is 37.4. The van der Waals surface area contributed by atoms with Crippen LogP contribution in [0, 0.1) is 0 Å². The molecule has 0 spiro atoms. The molecule has 1 heterocycles. The minimum atomic E-state index is -1.55. The summed E-state index contributed by atoms with van der Waals surface area (Å²) in [6.45, 7) is 3.69. The van der Waals surface area contributed by atoms with Gasteiger partial charge in [0, 0.05) is 6.42 Å². The third-order valence-electron chi connectivity index (χ3n) is 12.2. The van der Waals surface area contributed by atoms with E-state index in [1.807, 2.05) is 0 Å². The average Bonchev–Trinajstić information content (AvgIpc) is 3.21. The van der Waals surface area contributed by atoms with Crippen molar-refractivity contribution in [2.75, 3.05) is 13.2 Å². The second-order valence-corrected chi connectivity index (χ2v) is 17.6. The van der Waals surface area contributed by atoms with E-state index in [-0.39, 0.29) is 12.5 Å². The van der Waals surface area contributed by atoms with E-state index >= 15 is 0 Å². The number of amides is 1. The highest BCUT2D eigenvalue weighted by Crippen LogP contribution is 2.23. The van der Waals surface area contributed by atoms with Gasteiger partial charge in [0.25, 0.3) is 0 Å². The van der Waals surface area contributed by atoms with Crippen molar-refractivity contribution in [2.24, 2.45) is 0 Å². The summed E-state index contributed by atoms with van der Waals surface area (Å²) in [5.74, 6) is -0.151. The smallest absolute Gasteiger partial charge is 0.220 e. The van der Waals surface area contributed by atoms with Crippen LogP contribution in [0.3, 0.4) is 0 Å². The highest BCUT2D eigenvalue weighted by Gasteiger charge is 2.44. The maximum atomic E-state index is 12.8. The SMILES string of the molecule is CCCCCCCCCCCCCCCCCCCCCCCCCCCCCCCCCC(=O)NC(COC1OC(CO)C(O)C(O)C1O)C(O)CCCCC. The Morgan fingerprint density at radius 1 is 0.526 bits per heavy atom. The lowest BCUT2D eigenvalue weighted by Gasteiger charge is -2.40. The monoisotopic (exact) mass is 814 g/mol. The van der Waals surface area contributed by atoms with E-state index in [0.29, 0.717) is 12.8 Å². The van der Waals surface area contributed by atoms with Gasteiger partial charge in [0.05, 0.1) is 25.4 Å². The Hall–Kier alpha value is -0.810. The van der Waals surface area contributed by atoms with Crippen molar-refractivity contribution in [3.05, 3.63) is 0 Å². The Bertz CT molecular complexity index is 862. The van der Waals surface area contributed by atoms with Crippen molar-refractivity contribution in [3.63, 3.8) is 0 Å². The van der Waals surface area contributed by atoms with Crippen LogP contribution in [0.1, 0.15) is 245 Å². The highest BCUT2D eigenvalue weighted by molar-refractivity contribution is 5.76. The third-order valence-corrected chi connectivity index (χ3v) is 12.2. The fourth-order valence-corrected chi connectivity index (χ4v) is 8.22. The normalized spacial score (nSPS) is 20.9. The molecule has 1 rings (SSSR count). The predicted molar refractivity (Wildman–Crippen MR) is 235 cm³/mol. The molecule has 7 atom stereocenters. The molecule has 6 N–H and O–H groups in total. The van der Waals surface area contributed by atoms with Crippen molar-refractivity contribution in [2.45, 2.75) is 288 Å². The maximum absolute atomic E-state index is 12.8. The van der Waals surface area contributed by atoms with Crippen LogP contribution in [0.5, 0.6) is 0 Å². The summed E-state index contributed by atoms with van der Waals surface area (Å²) in [6.07, 6.45) is 38.2. The molecule has 0 aromatic heterocycles. The van der Waals surface area contributed by atoms with Crippen molar-refractivity contribution < 1.29 is 39.8 Å². The van der Waals surface area contributed by atoms with Gasteiger partial charge in [-0.25, -0.2) is 0 Å². The molecule has 0 aromatic rings. The van der Waals surface area contributed by atoms with Gasteiger partial charge in [0.2, 0.25) is 5.91 Å². The average molecular weight is 814 g/mol. The molecule has 1 aliphatic heterocycles. The van der Waals surface area contributed by atoms with E-state index in [4.69, 9.17) is 9.47 Å². The lowest BCUT2D eigenvalue weighted by Crippen LogP contribution is -2.60. The number of ether oxygens (including phenoxy) is 2. The van der Waals surface area contributed by atoms with Crippen LogP contribution < -0.4 is 5.32 Å². The third kappa shape index (κ3) is 30.0. The van der Waals surface area contributed by atoms with Crippen LogP contribution >= 0.6 is 0 Å². The topological polar surface area (TPSA) is 149 Å². The van der Waals surface area contributed by atoms with Crippen LogP contribution in [-0.2, 0) is 14.3 Å². The largest absolute Gasteiger partial charge is 0.394 e. The number of unbranched alkanes of at least 4 members (excludes halogenated alkanes) is 32. The Balaban J connectivity index is 1.94. The fraction of sp³-hybridized carbons (Fsp3) is 0.979. The van der Waals surface area contributed by atoms with Gasteiger partial charge in [0.1, 0.15) is 24.4 Å². The molecule has 0 bridgehead atoms. The number of carbonyl (C=O) groups is 1. The van der Waals surface area contributed by atoms with E-state index in [2.05, 4.69) is 19.2 Å². The van der Waals surface area contributed by atoms with Crippen molar-refractivity contribution in [1.82, 2.24) is 5.32 Å². The van der Waals surface area contributed by atoms with Crippen LogP contribution in [0.15, 0.2) is 0 Å². The van der Waals surface area contributed by atoms with Crippen LogP contribution in [0.4, 0.5) is 0 Å². The van der Waals surface area contributed by atoms with Crippen LogP contribution in [0.25, 0.3) is 0 Å². The van der Waals surface area contributed by atoms with Crippen LogP contribution in [-0.4, -0.2) is 87.5 Å². The number of hydrogen-bond donors (Lipinski definition) is 6. The van der Waals surface area contributed by atoms with E-state index in [1.54, 1.807) is 0 Å². The first-order valence-corrected chi connectivity index (χ1v) is 24.7. The zero-order valence-corrected chi connectivity index (χ0v) is 37.4. The van der Waals surface area contributed by atoms with E-state index in [1.165, 1.54) is 180 Å². The molecule has 0 aromatic carbocycles. The molecular formula is C48H95NO8. The molecular weight excluding hydrogens is 719 g/mol. The first-order valence-electron chi connectivity index (χ1n) is 24.7. The minimum Gasteiger partial charge on any atom is -0.394 e. The molecule has 57 heavy (non-hydrogen) atoms. The van der Waals surface area contributed by atoms with Crippen LogP contribution in [0.2, 0.25) is 0 Å². The summed E-state index contributed by atoms with van der Waals surface area (Å²) >= 11 is 0. The van der Waals surface area contributed by atoms with E-state index < -0.39 is 49.5 Å². The van der Waals surface area contributed by atoms with Crippen molar-refractivity contribution in [3.8, 4) is 0 Å². The summed E-state index contributed by atoms with van der Waals surface area (Å²) in [5, 5.41) is 53.6. The molecule has 9 heteroatoms. The maximum Gasteiger partial charge on any atom is 0.220 e. The zero-order valence-electron chi connectivity index (χ0n) is 37.4. The molecule has 1 fully saturated rings. The molecule has 0 radical (unpaired) electrons. The zero-order chi connectivity index (χ0) is 41.6. The highest BCUT2D eigenvalue weighted by atomic mass is 16.7. The van der Waals surface area contributed by atoms with Crippen molar-refractivity contribution >= 4 is 5.91 Å². The van der Waals surface area contributed by atoms with Gasteiger partial charge in [0.15, 0.2) is 6.29 Å². The van der Waals surface area contributed by atoms with Gasteiger partial charge in [-0.15, -0.1) is 0 Å². The summed E-state index contributed by atoms with van der Waals surface area (Å²) in [7, 11) is 0. The van der Waals surface area contributed by atoms with Crippen molar-refractivity contribution in [1.29, 1.82) is 0 Å². The Morgan fingerprint density at radius 2 is 0.877 bits per heavy atom. The predicted octanol–water partition coefficient (Wildman–Crippen LogP) is 10.7. The number of hydrogen-bond acceptors (Lipinski definition) is 8. The Labute approximate surface area is 351 Å². The number of aliphatic hydroxyl groups is 5. The summed E-state index contributed by atoms with van der Waals surface area (Å²) < 4.78 is 11.1. The first-order chi connectivity index (χ1) is 27.8. The number of nitrogens with one attached hydrogen (secondary N) is 1. The Morgan fingerprint density at radius 3 is 1.25 bits per heavy atom. The van der Waals surface area contributed by atoms with E-state index in [0.717, 1.165) is 38.5 Å². The summed E-state index contributed by atoms with van der Waals surface area (Å²) in [6, 6.07) is -0.708. The van der Waals surface area contributed by atoms with Gasteiger partial charge in [-0.2, -0.15) is 0 Å². The second kappa shape index (κ2) is 39.3. The van der Waals surface area contributed by atoms with Gasteiger partial charge in [-0.3, -0.25) is 4.79 Å². The molecule has 1 aliphatic rings. The fourth-order valence-electron chi connectivity index (χ4n) is 8.22. The van der Waals surface area contributed by atoms with Gasteiger partial charge >= 0.3 is 0 Å². The quantitative estimate of drug-likeness (QED) is 0.0334. The number of rotatable bonds is 42.